The van der Waals surface area contributed by atoms with Gasteiger partial charge in [-0.25, -0.2) is 0 Å². The summed E-state index contributed by atoms with van der Waals surface area (Å²) in [5, 5.41) is 0. The third kappa shape index (κ3) is 4.89. The van der Waals surface area contributed by atoms with Crippen LogP contribution in [0.1, 0.15) is 27.2 Å². The predicted molar refractivity (Wildman–Crippen MR) is 129 cm³/mol. The molecule has 30 heavy (non-hydrogen) atoms. The number of benzene rings is 1. The van der Waals surface area contributed by atoms with Crippen LogP contribution >= 0.6 is 11.9 Å². The Morgan fingerprint density at radius 2 is 1.77 bits per heavy atom. The maximum atomic E-state index is 6.18. The first-order valence-electron chi connectivity index (χ1n) is 10.6. The summed E-state index contributed by atoms with van der Waals surface area (Å²) in [6.45, 7) is 15.1. The van der Waals surface area contributed by atoms with Crippen molar-refractivity contribution in [3.63, 3.8) is 0 Å². The largest absolute Gasteiger partial charge is 0.473 e. The van der Waals surface area contributed by atoms with E-state index < -0.39 is 0 Å². The van der Waals surface area contributed by atoms with Crippen molar-refractivity contribution in [2.24, 2.45) is 0 Å². The number of likely N-dealkylation sites (N-methyl/N-ethyl adjacent to an activating group) is 1. The summed E-state index contributed by atoms with van der Waals surface area (Å²) in [6, 6.07) is 8.48. The van der Waals surface area contributed by atoms with E-state index in [1.165, 1.54) is 10.5 Å². The molecule has 0 aromatic heterocycles. The topological polar surface area (TPSA) is 22.2 Å². The van der Waals surface area contributed by atoms with E-state index in [1.807, 2.05) is 0 Å². The van der Waals surface area contributed by atoms with Gasteiger partial charge in [0.15, 0.2) is 0 Å². The Hall–Kier alpha value is -2.27. The highest BCUT2D eigenvalue weighted by Crippen LogP contribution is 2.41. The number of allylic oxidation sites excluding steroid dienone is 3. The second-order valence-electron chi connectivity index (χ2n) is 7.80. The van der Waals surface area contributed by atoms with E-state index in [9.17, 15) is 0 Å². The van der Waals surface area contributed by atoms with Gasteiger partial charge in [-0.15, -0.1) is 0 Å². The molecular formula is C24H34N4OS. The third-order valence-corrected chi connectivity index (χ3v) is 6.20. The Balaban J connectivity index is 2.23. The highest BCUT2D eigenvalue weighted by Gasteiger charge is 2.30. The van der Waals surface area contributed by atoms with Crippen molar-refractivity contribution in [1.82, 2.24) is 9.80 Å². The van der Waals surface area contributed by atoms with Crippen molar-refractivity contribution in [3.8, 4) is 0 Å². The van der Waals surface area contributed by atoms with Crippen LogP contribution in [0.4, 0.5) is 11.4 Å². The van der Waals surface area contributed by atoms with Crippen molar-refractivity contribution in [2.75, 3.05) is 56.1 Å². The Bertz CT molecular complexity index is 864. The molecule has 0 saturated carbocycles. The van der Waals surface area contributed by atoms with E-state index in [2.05, 4.69) is 96.5 Å². The molecule has 6 heteroatoms. The van der Waals surface area contributed by atoms with Gasteiger partial charge in [0, 0.05) is 38.1 Å². The minimum Gasteiger partial charge on any atom is -0.473 e. The van der Waals surface area contributed by atoms with Crippen LogP contribution in [0.3, 0.4) is 0 Å². The van der Waals surface area contributed by atoms with Gasteiger partial charge in [-0.1, -0.05) is 31.4 Å². The molecular weight excluding hydrogens is 392 g/mol. The highest BCUT2D eigenvalue weighted by molar-refractivity contribution is 8.04. The molecule has 162 valence electrons. The number of nitrogens with zero attached hydrogens (tertiary/aromatic N) is 4. The van der Waals surface area contributed by atoms with Crippen molar-refractivity contribution < 1.29 is 4.74 Å². The number of hydrogen-bond acceptors (Lipinski definition) is 6. The van der Waals surface area contributed by atoms with Crippen molar-refractivity contribution in [3.05, 3.63) is 64.8 Å². The molecule has 2 aliphatic rings. The Morgan fingerprint density at radius 3 is 2.40 bits per heavy atom. The van der Waals surface area contributed by atoms with Crippen LogP contribution in [0.25, 0.3) is 0 Å². The molecule has 0 bridgehead atoms. The number of hydrogen-bond donors (Lipinski definition) is 0. The van der Waals surface area contributed by atoms with Crippen molar-refractivity contribution in [1.29, 1.82) is 0 Å². The normalized spacial score (nSPS) is 22.3. The molecule has 1 aromatic rings. The quantitative estimate of drug-likeness (QED) is 0.372. The van der Waals surface area contributed by atoms with Gasteiger partial charge < -0.3 is 18.8 Å². The van der Waals surface area contributed by atoms with Crippen LogP contribution in [0.5, 0.6) is 0 Å². The van der Waals surface area contributed by atoms with Crippen molar-refractivity contribution >= 4 is 23.3 Å². The summed E-state index contributed by atoms with van der Waals surface area (Å²) in [6.07, 6.45) is 3.20. The first kappa shape index (κ1) is 22.4. The van der Waals surface area contributed by atoms with Crippen LogP contribution in [-0.4, -0.2) is 56.7 Å². The van der Waals surface area contributed by atoms with E-state index in [-0.39, 0.29) is 0 Å². The van der Waals surface area contributed by atoms with E-state index >= 15 is 0 Å². The fraction of sp³-hybridized carbons (Fsp3) is 0.458. The Kier molecular flexibility index (Phi) is 7.59. The molecule has 1 aromatic carbocycles. The van der Waals surface area contributed by atoms with Gasteiger partial charge in [0.25, 0.3) is 0 Å². The zero-order valence-electron chi connectivity index (χ0n) is 18.9. The first-order chi connectivity index (χ1) is 14.5. The SMILES string of the molecule is C=C=C(OCCC)N1/C(N2CCN(C)CC2)=C(C)/C=C(/C)SN(C)c2ccccc21. The van der Waals surface area contributed by atoms with E-state index in [0.717, 1.165) is 49.8 Å². The van der Waals surface area contributed by atoms with Crippen molar-refractivity contribution in [2.45, 2.75) is 27.2 Å². The zero-order valence-corrected chi connectivity index (χ0v) is 19.8. The molecule has 0 N–H and O–H groups in total. The fourth-order valence-electron chi connectivity index (χ4n) is 3.88. The van der Waals surface area contributed by atoms with Gasteiger partial charge >= 0.3 is 0 Å². The summed E-state index contributed by atoms with van der Waals surface area (Å²) >= 11 is 1.74. The lowest BCUT2D eigenvalue weighted by molar-refractivity contribution is 0.169. The van der Waals surface area contributed by atoms with Crippen LogP contribution in [0, 0.1) is 0 Å². The molecule has 2 aliphatic heterocycles. The molecule has 3 rings (SSSR count). The average molecular weight is 427 g/mol. The van der Waals surface area contributed by atoms with Gasteiger partial charge in [0.2, 0.25) is 5.88 Å². The molecule has 0 aliphatic carbocycles. The van der Waals surface area contributed by atoms with Gasteiger partial charge in [-0.3, -0.25) is 4.90 Å². The number of rotatable bonds is 5. The molecule has 0 amide bonds. The molecule has 0 spiro atoms. The monoisotopic (exact) mass is 426 g/mol. The van der Waals surface area contributed by atoms with E-state index in [4.69, 9.17) is 4.74 Å². The number of fused-ring (bicyclic) bond motifs is 1. The molecule has 5 nitrogen and oxygen atoms in total. The van der Waals surface area contributed by atoms with Gasteiger partial charge in [-0.2, -0.15) is 0 Å². The summed E-state index contributed by atoms with van der Waals surface area (Å²) in [7, 11) is 4.29. The number of piperazine rings is 1. The smallest absolute Gasteiger partial charge is 0.245 e. The minimum absolute atomic E-state index is 0.630. The van der Waals surface area contributed by atoms with Gasteiger partial charge in [-0.05, 0) is 63.0 Å². The van der Waals surface area contributed by atoms with Crippen LogP contribution in [0.15, 0.2) is 64.8 Å². The summed E-state index contributed by atoms with van der Waals surface area (Å²) in [5.74, 6) is 1.80. The molecule has 2 heterocycles. The van der Waals surface area contributed by atoms with E-state index in [0.29, 0.717) is 12.5 Å². The lowest BCUT2D eigenvalue weighted by Gasteiger charge is -2.41. The van der Waals surface area contributed by atoms with E-state index in [1.54, 1.807) is 11.9 Å². The minimum atomic E-state index is 0.630. The van der Waals surface area contributed by atoms with Crippen LogP contribution < -0.4 is 9.21 Å². The zero-order chi connectivity index (χ0) is 21.7. The molecule has 0 radical (unpaired) electrons. The molecule has 1 fully saturated rings. The number of ether oxygens (including phenoxy) is 1. The Labute approximate surface area is 186 Å². The lowest BCUT2D eigenvalue weighted by Crippen LogP contribution is -2.48. The maximum Gasteiger partial charge on any atom is 0.245 e. The maximum absolute atomic E-state index is 6.18. The first-order valence-corrected chi connectivity index (χ1v) is 11.4. The Morgan fingerprint density at radius 1 is 1.10 bits per heavy atom. The van der Waals surface area contributed by atoms with Gasteiger partial charge in [0.1, 0.15) is 5.82 Å². The second-order valence-corrected chi connectivity index (χ2v) is 9.17. The number of para-hydroxylation sites is 2. The molecule has 0 atom stereocenters. The summed E-state index contributed by atoms with van der Waals surface area (Å²) < 4.78 is 8.40. The summed E-state index contributed by atoms with van der Waals surface area (Å²) in [4.78, 5) is 8.31. The average Bonchev–Trinajstić information content (AvgIpc) is 2.77. The molecule has 1 saturated heterocycles. The third-order valence-electron chi connectivity index (χ3n) is 5.33. The second kappa shape index (κ2) is 10.2. The van der Waals surface area contributed by atoms with Gasteiger partial charge in [0.05, 0.1) is 18.0 Å². The predicted octanol–water partition coefficient (Wildman–Crippen LogP) is 5.03. The fourth-order valence-corrected chi connectivity index (χ4v) is 4.79. The highest BCUT2D eigenvalue weighted by atomic mass is 32.2. The van der Waals surface area contributed by atoms with Crippen LogP contribution in [-0.2, 0) is 4.74 Å². The number of anilines is 2. The van der Waals surface area contributed by atoms with Crippen LogP contribution in [0.2, 0.25) is 0 Å². The lowest BCUT2D eigenvalue weighted by atomic mass is 10.1. The standard InChI is InChI=1S/C24H34N4OS/c1-7-17-29-23(8-2)28-22-12-10-9-11-21(22)26(6)30-20(4)18-19(3)24(28)27-15-13-25(5)14-16-27/h9-12,18H,2,7,13-17H2,1,3-6H3/b20-18-,24-19+. The summed E-state index contributed by atoms with van der Waals surface area (Å²) in [5.41, 5.74) is 6.51. The molecule has 0 unspecified atom stereocenters.